The van der Waals surface area contributed by atoms with Crippen molar-refractivity contribution in [2.24, 2.45) is 4.99 Å². The number of methoxy groups -OCH3 is 1. The van der Waals surface area contributed by atoms with Crippen LogP contribution in [0.3, 0.4) is 0 Å². The average Bonchev–Trinajstić information content (AvgIpc) is 3.59. The third kappa shape index (κ3) is 7.17. The van der Waals surface area contributed by atoms with Gasteiger partial charge in [-0.1, -0.05) is 48.5 Å². The molecule has 1 amide bonds. The molecule has 50 heavy (non-hydrogen) atoms. The molecule has 254 valence electrons. The predicted molar refractivity (Wildman–Crippen MR) is 197 cm³/mol. The number of amides is 1. The number of fused-ring (bicyclic) bond motifs is 3. The maximum atomic E-state index is 13.6. The molecule has 1 fully saturated rings. The summed E-state index contributed by atoms with van der Waals surface area (Å²) in [6, 6.07) is 28.6. The lowest BCUT2D eigenvalue weighted by molar-refractivity contribution is 0.0774. The van der Waals surface area contributed by atoms with Crippen molar-refractivity contribution >= 4 is 40.9 Å². The second-order valence-corrected chi connectivity index (χ2v) is 12.5. The van der Waals surface area contributed by atoms with Crippen molar-refractivity contribution in [1.82, 2.24) is 14.5 Å². The fourth-order valence-corrected chi connectivity index (χ4v) is 6.49. The lowest BCUT2D eigenvalue weighted by Gasteiger charge is -2.20. The second kappa shape index (κ2) is 15.2. The summed E-state index contributed by atoms with van der Waals surface area (Å²) in [5.74, 6) is 2.45. The quantitative estimate of drug-likeness (QED) is 0.118. The summed E-state index contributed by atoms with van der Waals surface area (Å²) in [5, 5.41) is 0.568. The molecule has 9 heteroatoms. The minimum Gasteiger partial charge on any atom is -0.494 e. The molecule has 0 spiro atoms. The van der Waals surface area contributed by atoms with Crippen LogP contribution in [-0.2, 0) is 0 Å². The first-order valence-corrected chi connectivity index (χ1v) is 17.3. The highest BCUT2D eigenvalue weighted by Gasteiger charge is 2.32. The topological polar surface area (TPSA) is 95.2 Å². The van der Waals surface area contributed by atoms with Gasteiger partial charge in [0.25, 0.3) is 11.5 Å². The van der Waals surface area contributed by atoms with Crippen molar-refractivity contribution in [2.75, 3.05) is 26.9 Å². The van der Waals surface area contributed by atoms with Crippen molar-refractivity contribution in [3.05, 3.63) is 118 Å². The zero-order valence-corrected chi connectivity index (χ0v) is 28.2. The first-order chi connectivity index (χ1) is 24.6. The number of aromatic nitrogens is 2. The Hall–Kier alpha value is -5.70. The average molecular weight is 669 g/mol. The molecule has 7 rings (SSSR count). The van der Waals surface area contributed by atoms with Gasteiger partial charge in [-0.2, -0.15) is 0 Å². The fraction of sp³-hybridized carbons (Fsp3) is 0.268. The summed E-state index contributed by atoms with van der Waals surface area (Å²) >= 11 is 0. The number of hydrogen-bond donors (Lipinski definition) is 0. The summed E-state index contributed by atoms with van der Waals surface area (Å²) in [4.78, 5) is 38.0. The molecule has 2 aliphatic heterocycles. The zero-order chi connectivity index (χ0) is 34.3. The van der Waals surface area contributed by atoms with Crippen LogP contribution in [-0.4, -0.2) is 59.5 Å². The molecule has 0 N–H and O–H groups in total. The van der Waals surface area contributed by atoms with E-state index in [1.807, 2.05) is 108 Å². The van der Waals surface area contributed by atoms with Crippen molar-refractivity contribution in [3.63, 3.8) is 0 Å². The summed E-state index contributed by atoms with van der Waals surface area (Å²) in [6.45, 7) is 1.88. The molecule has 1 saturated heterocycles. The molecule has 0 unspecified atom stereocenters. The van der Waals surface area contributed by atoms with Crippen LogP contribution in [0, 0.1) is 0 Å². The number of aliphatic imine (C=N–C) groups is 1. The molecule has 1 aromatic heterocycles. The van der Waals surface area contributed by atoms with E-state index >= 15 is 0 Å². The van der Waals surface area contributed by atoms with Gasteiger partial charge in [0.05, 0.1) is 54.2 Å². The lowest BCUT2D eigenvalue weighted by atomic mass is 10.1. The minimum absolute atomic E-state index is 0.00168. The first-order valence-electron chi connectivity index (χ1n) is 17.3. The van der Waals surface area contributed by atoms with Crippen LogP contribution in [0.4, 0.5) is 5.69 Å². The molecule has 0 radical (unpaired) electrons. The van der Waals surface area contributed by atoms with Gasteiger partial charge in [0.2, 0.25) is 0 Å². The summed E-state index contributed by atoms with van der Waals surface area (Å²) < 4.78 is 19.3. The van der Waals surface area contributed by atoms with Crippen molar-refractivity contribution in [3.8, 4) is 22.9 Å². The molecule has 0 aliphatic carbocycles. The molecule has 9 nitrogen and oxygen atoms in total. The Balaban J connectivity index is 0.910. The smallest absolute Gasteiger partial charge is 0.266 e. The third-order valence-corrected chi connectivity index (χ3v) is 9.14. The number of nitrogens with zero attached hydrogens (tertiary/aromatic N) is 4. The number of ether oxygens (including phenoxy) is 3. The van der Waals surface area contributed by atoms with Crippen LogP contribution < -0.4 is 19.8 Å². The molecular weight excluding hydrogens is 628 g/mol. The molecule has 3 heterocycles. The van der Waals surface area contributed by atoms with Gasteiger partial charge in [0, 0.05) is 18.8 Å². The minimum atomic E-state index is -0.120. The first kappa shape index (κ1) is 32.8. The number of para-hydroxylation sites is 1. The Morgan fingerprint density at radius 2 is 1.58 bits per heavy atom. The molecule has 2 aliphatic rings. The number of carbonyl (C=O) groups excluding carboxylic acids is 1. The largest absolute Gasteiger partial charge is 0.494 e. The standard InChI is InChI=1S/C41H40N4O5/c1-48-37-26-34-36(42-28-31-14-11-23-44(31)40(34)46)27-38(37)50-25-10-3-2-9-24-49-32-20-18-30(19-21-32)45-39(22-17-29-12-5-4-6-13-29)43-35-16-8-7-15-33(35)41(45)47/h4-8,12-13,15-22,26-28,31H,2-3,9-11,14,23-25H2,1H3/t31-/m0/s1. The molecule has 5 aromatic rings. The van der Waals surface area contributed by atoms with Crippen LogP contribution >= 0.6 is 0 Å². The fourth-order valence-electron chi connectivity index (χ4n) is 6.49. The van der Waals surface area contributed by atoms with E-state index in [9.17, 15) is 9.59 Å². The van der Waals surface area contributed by atoms with Gasteiger partial charge >= 0.3 is 0 Å². The zero-order valence-electron chi connectivity index (χ0n) is 28.2. The Bertz CT molecular complexity index is 2090. The van der Waals surface area contributed by atoms with Crippen molar-refractivity contribution < 1.29 is 19.0 Å². The molecule has 4 aromatic carbocycles. The van der Waals surface area contributed by atoms with E-state index in [1.54, 1.807) is 17.7 Å². The highest BCUT2D eigenvalue weighted by Crippen LogP contribution is 2.38. The van der Waals surface area contributed by atoms with Crippen LogP contribution in [0.2, 0.25) is 0 Å². The summed E-state index contributed by atoms with van der Waals surface area (Å²) in [6.07, 6.45) is 11.4. The maximum Gasteiger partial charge on any atom is 0.266 e. The van der Waals surface area contributed by atoms with E-state index in [-0.39, 0.29) is 17.5 Å². The van der Waals surface area contributed by atoms with Gasteiger partial charge in [0.15, 0.2) is 11.5 Å². The van der Waals surface area contributed by atoms with Crippen molar-refractivity contribution in [1.29, 1.82) is 0 Å². The van der Waals surface area contributed by atoms with Gasteiger partial charge < -0.3 is 19.1 Å². The van der Waals surface area contributed by atoms with E-state index in [1.165, 1.54) is 0 Å². The Morgan fingerprint density at radius 1 is 0.820 bits per heavy atom. The van der Waals surface area contributed by atoms with Gasteiger partial charge in [-0.15, -0.1) is 0 Å². The maximum absolute atomic E-state index is 13.6. The monoisotopic (exact) mass is 668 g/mol. The molecule has 0 bridgehead atoms. The Labute approximate surface area is 291 Å². The number of benzene rings is 4. The molecule has 0 saturated carbocycles. The molecule has 1 atom stereocenters. The number of carbonyl (C=O) groups is 1. The highest BCUT2D eigenvalue weighted by molar-refractivity contribution is 6.03. The van der Waals surface area contributed by atoms with Gasteiger partial charge in [-0.3, -0.25) is 19.1 Å². The van der Waals surface area contributed by atoms with E-state index in [0.29, 0.717) is 52.7 Å². The Morgan fingerprint density at radius 3 is 2.38 bits per heavy atom. The summed E-state index contributed by atoms with van der Waals surface area (Å²) in [5.41, 5.74) is 3.48. The number of unbranched alkanes of at least 4 members (excludes halogenated alkanes) is 3. The van der Waals surface area contributed by atoms with E-state index < -0.39 is 0 Å². The molecular formula is C41H40N4O5. The second-order valence-electron chi connectivity index (χ2n) is 12.5. The SMILES string of the molecule is COc1cc2c(cc1OCCCCCCOc1ccc(-n3c(C=Cc4ccccc4)nc4ccccc4c3=O)cc1)N=C[C@@H]1CCCN1C2=O. The van der Waals surface area contributed by atoms with Crippen LogP contribution in [0.1, 0.15) is 60.3 Å². The van der Waals surface area contributed by atoms with Crippen molar-refractivity contribution in [2.45, 2.75) is 44.6 Å². The third-order valence-electron chi connectivity index (χ3n) is 9.14. The number of hydrogen-bond acceptors (Lipinski definition) is 7. The summed E-state index contributed by atoms with van der Waals surface area (Å²) in [7, 11) is 1.59. The lowest BCUT2D eigenvalue weighted by Crippen LogP contribution is -2.35. The van der Waals surface area contributed by atoms with Gasteiger partial charge in [-0.05, 0) is 92.6 Å². The van der Waals surface area contributed by atoms with Crippen LogP contribution in [0.5, 0.6) is 17.2 Å². The van der Waals surface area contributed by atoms with E-state index in [0.717, 1.165) is 62.1 Å². The van der Waals surface area contributed by atoms with Crippen LogP contribution in [0.15, 0.2) is 101 Å². The number of rotatable bonds is 13. The van der Waals surface area contributed by atoms with E-state index in [4.69, 9.17) is 19.2 Å². The van der Waals surface area contributed by atoms with Gasteiger partial charge in [-0.25, -0.2) is 4.98 Å². The Kier molecular flexibility index (Phi) is 10.0. The van der Waals surface area contributed by atoms with Crippen LogP contribution in [0.25, 0.3) is 28.7 Å². The highest BCUT2D eigenvalue weighted by atomic mass is 16.5. The predicted octanol–water partition coefficient (Wildman–Crippen LogP) is 7.90. The van der Waals surface area contributed by atoms with E-state index in [2.05, 4.69) is 4.99 Å². The van der Waals surface area contributed by atoms with Gasteiger partial charge in [0.1, 0.15) is 11.6 Å². The normalized spacial score (nSPS) is 15.3.